The summed E-state index contributed by atoms with van der Waals surface area (Å²) >= 11 is 0. The zero-order valence-electron chi connectivity index (χ0n) is 23.8. The van der Waals surface area contributed by atoms with Gasteiger partial charge in [0.2, 0.25) is 17.7 Å². The number of hydrogen-bond acceptors (Lipinski definition) is 6. The van der Waals surface area contributed by atoms with Crippen LogP contribution < -0.4 is 10.6 Å². The van der Waals surface area contributed by atoms with E-state index in [2.05, 4.69) is 27.4 Å². The molecule has 1 aromatic rings. The van der Waals surface area contributed by atoms with Crippen LogP contribution in [0, 0.1) is 18.8 Å². The number of fused-ring (bicyclic) bond motifs is 1. The molecule has 4 fully saturated rings. The van der Waals surface area contributed by atoms with E-state index in [9.17, 15) is 14.4 Å². The maximum atomic E-state index is 14.2. The minimum absolute atomic E-state index is 0.124. The largest absolute Gasteiger partial charge is 0.359 e. The molecule has 5 atom stereocenters. The Morgan fingerprint density at radius 3 is 2.38 bits per heavy atom. The van der Waals surface area contributed by atoms with Crippen molar-refractivity contribution in [3.8, 4) is 0 Å². The van der Waals surface area contributed by atoms with E-state index in [1.807, 2.05) is 43.3 Å². The zero-order chi connectivity index (χ0) is 27.9. The Bertz CT molecular complexity index is 1140. The Hall–Kier alpha value is -2.75. The number of likely N-dealkylation sites (tertiary alicyclic amines) is 1. The Balaban J connectivity index is 1.24. The molecule has 9 heteroatoms. The van der Waals surface area contributed by atoms with Crippen molar-refractivity contribution in [1.82, 2.24) is 20.0 Å². The average molecular weight is 550 g/mol. The molecule has 0 aromatic heterocycles. The lowest BCUT2D eigenvalue weighted by molar-refractivity contribution is -0.141. The molecule has 4 heterocycles. The maximum Gasteiger partial charge on any atom is 0.246 e. The van der Waals surface area contributed by atoms with Gasteiger partial charge in [0, 0.05) is 51.0 Å². The number of ether oxygens (including phenoxy) is 1. The van der Waals surface area contributed by atoms with Gasteiger partial charge in [-0.3, -0.25) is 19.3 Å². The second-order valence-electron chi connectivity index (χ2n) is 12.2. The van der Waals surface area contributed by atoms with Gasteiger partial charge < -0.3 is 25.2 Å². The SMILES string of the molecule is CCN1CCN(CCN2C(=O)[C@H]3[C@@H](C(=O)Nc4ccc(C)cc4)[C@H]4C=C[C@@]3(O4)[C@H]2C(=O)NC2CCCCC2)CC1. The van der Waals surface area contributed by atoms with Crippen molar-refractivity contribution in [2.24, 2.45) is 11.8 Å². The third-order valence-electron chi connectivity index (χ3n) is 9.76. The summed E-state index contributed by atoms with van der Waals surface area (Å²) < 4.78 is 6.50. The third kappa shape index (κ3) is 4.97. The summed E-state index contributed by atoms with van der Waals surface area (Å²) in [5, 5.41) is 6.28. The Morgan fingerprint density at radius 1 is 0.975 bits per heavy atom. The number of rotatable bonds is 8. The lowest BCUT2D eigenvalue weighted by atomic mass is 9.74. The Kier molecular flexibility index (Phi) is 7.72. The van der Waals surface area contributed by atoms with E-state index >= 15 is 0 Å². The molecule has 1 saturated carbocycles. The van der Waals surface area contributed by atoms with E-state index in [1.54, 1.807) is 4.90 Å². The third-order valence-corrected chi connectivity index (χ3v) is 9.76. The number of benzene rings is 1. The van der Waals surface area contributed by atoms with Gasteiger partial charge in [0.05, 0.1) is 17.9 Å². The highest BCUT2D eigenvalue weighted by atomic mass is 16.5. The molecular formula is C31H43N5O4. The number of hydrogen-bond donors (Lipinski definition) is 2. The van der Waals surface area contributed by atoms with Gasteiger partial charge in [-0.25, -0.2) is 0 Å². The first-order chi connectivity index (χ1) is 19.4. The number of aryl methyl sites for hydroxylation is 1. The van der Waals surface area contributed by atoms with Crippen LogP contribution in [0.5, 0.6) is 0 Å². The summed E-state index contributed by atoms with van der Waals surface area (Å²) in [7, 11) is 0. The van der Waals surface area contributed by atoms with Crippen molar-refractivity contribution in [3.63, 3.8) is 0 Å². The molecule has 1 aromatic carbocycles. The molecule has 9 nitrogen and oxygen atoms in total. The average Bonchev–Trinajstić information content (AvgIpc) is 3.61. The molecule has 6 rings (SSSR count). The van der Waals surface area contributed by atoms with Crippen LogP contribution in [0.3, 0.4) is 0 Å². The van der Waals surface area contributed by atoms with Crippen LogP contribution in [0.15, 0.2) is 36.4 Å². The van der Waals surface area contributed by atoms with Crippen LogP contribution in [-0.4, -0.2) is 102 Å². The molecule has 0 unspecified atom stereocenters. The monoisotopic (exact) mass is 549 g/mol. The molecule has 1 spiro atoms. The maximum absolute atomic E-state index is 14.2. The minimum atomic E-state index is -1.11. The van der Waals surface area contributed by atoms with Gasteiger partial charge in [0.25, 0.3) is 0 Å². The number of likely N-dealkylation sites (N-methyl/N-ethyl adjacent to an activating group) is 1. The normalized spacial score (nSPS) is 32.5. The molecular weight excluding hydrogens is 506 g/mol. The summed E-state index contributed by atoms with van der Waals surface area (Å²) in [6.07, 6.45) is 8.61. The lowest BCUT2D eigenvalue weighted by Crippen LogP contribution is -2.57. The topological polar surface area (TPSA) is 94.2 Å². The van der Waals surface area contributed by atoms with Gasteiger partial charge in [-0.15, -0.1) is 0 Å². The van der Waals surface area contributed by atoms with Gasteiger partial charge in [-0.2, -0.15) is 0 Å². The fourth-order valence-electron chi connectivity index (χ4n) is 7.48. The molecule has 2 bridgehead atoms. The molecule has 0 radical (unpaired) electrons. The van der Waals surface area contributed by atoms with Crippen molar-refractivity contribution in [2.75, 3.05) is 51.1 Å². The molecule has 4 aliphatic heterocycles. The molecule has 3 amide bonds. The van der Waals surface area contributed by atoms with Gasteiger partial charge in [0.15, 0.2) is 0 Å². The van der Waals surface area contributed by atoms with Crippen LogP contribution in [0.2, 0.25) is 0 Å². The number of piperazine rings is 1. The van der Waals surface area contributed by atoms with Gasteiger partial charge in [-0.1, -0.05) is 56.0 Å². The van der Waals surface area contributed by atoms with Crippen LogP contribution in [0.1, 0.15) is 44.6 Å². The minimum Gasteiger partial charge on any atom is -0.359 e. The van der Waals surface area contributed by atoms with E-state index in [4.69, 9.17) is 4.74 Å². The summed E-state index contributed by atoms with van der Waals surface area (Å²) in [4.78, 5) is 48.3. The van der Waals surface area contributed by atoms with Crippen LogP contribution in [0.25, 0.3) is 0 Å². The molecule has 3 saturated heterocycles. The fourth-order valence-corrected chi connectivity index (χ4v) is 7.48. The van der Waals surface area contributed by atoms with Gasteiger partial charge in [0.1, 0.15) is 11.6 Å². The molecule has 40 heavy (non-hydrogen) atoms. The van der Waals surface area contributed by atoms with Crippen LogP contribution in [0.4, 0.5) is 5.69 Å². The first kappa shape index (κ1) is 27.4. The quantitative estimate of drug-likeness (QED) is 0.483. The van der Waals surface area contributed by atoms with E-state index in [-0.39, 0.29) is 23.8 Å². The van der Waals surface area contributed by atoms with Crippen LogP contribution in [-0.2, 0) is 19.1 Å². The molecule has 1 aliphatic carbocycles. The highest BCUT2D eigenvalue weighted by Crippen LogP contribution is 2.55. The lowest BCUT2D eigenvalue weighted by Gasteiger charge is -2.37. The number of nitrogens with zero attached hydrogens (tertiary/aromatic N) is 3. The number of amides is 3. The predicted octanol–water partition coefficient (Wildman–Crippen LogP) is 2.17. The summed E-state index contributed by atoms with van der Waals surface area (Å²) in [6.45, 7) is 10.3. The van der Waals surface area contributed by atoms with E-state index in [0.717, 1.165) is 64.0 Å². The van der Waals surface area contributed by atoms with Crippen molar-refractivity contribution in [1.29, 1.82) is 0 Å². The zero-order valence-corrected chi connectivity index (χ0v) is 23.8. The van der Waals surface area contributed by atoms with E-state index in [1.165, 1.54) is 6.42 Å². The second-order valence-corrected chi connectivity index (χ2v) is 12.2. The van der Waals surface area contributed by atoms with Crippen molar-refractivity contribution in [2.45, 2.75) is 69.7 Å². The molecule has 2 N–H and O–H groups in total. The van der Waals surface area contributed by atoms with E-state index < -0.39 is 29.6 Å². The smallest absolute Gasteiger partial charge is 0.246 e. The highest BCUT2D eigenvalue weighted by molar-refractivity contribution is 6.02. The molecule has 216 valence electrons. The first-order valence-electron chi connectivity index (χ1n) is 15.2. The summed E-state index contributed by atoms with van der Waals surface area (Å²) in [5.74, 6) is -1.92. The number of anilines is 1. The van der Waals surface area contributed by atoms with Gasteiger partial charge >= 0.3 is 0 Å². The highest BCUT2D eigenvalue weighted by Gasteiger charge is 2.72. The number of nitrogens with one attached hydrogen (secondary N) is 2. The van der Waals surface area contributed by atoms with Crippen LogP contribution >= 0.6 is 0 Å². The van der Waals surface area contributed by atoms with Gasteiger partial charge in [-0.05, 0) is 38.4 Å². The Labute approximate surface area is 237 Å². The Morgan fingerprint density at radius 2 is 1.68 bits per heavy atom. The van der Waals surface area contributed by atoms with E-state index in [0.29, 0.717) is 18.8 Å². The number of carbonyl (C=O) groups excluding carboxylic acids is 3. The first-order valence-corrected chi connectivity index (χ1v) is 15.2. The second kappa shape index (κ2) is 11.3. The summed E-state index contributed by atoms with van der Waals surface area (Å²) in [6, 6.07) is 6.98. The fraction of sp³-hybridized carbons (Fsp3) is 0.645. The standard InChI is InChI=1S/C31H43N5O4/c1-3-34-15-17-35(18-16-34)19-20-36-27(29(38)33-22-7-5-4-6-8-22)31-14-13-24(40-31)25(26(31)30(36)39)28(37)32-23-11-9-21(2)10-12-23/h9-14,22,24-27H,3-8,15-20H2,1-2H3,(H,32,37)(H,33,38)/t24-,25+,26-,27-,31+/m1/s1. The number of carbonyl (C=O) groups is 3. The van der Waals surface area contributed by atoms with Crippen molar-refractivity contribution < 1.29 is 19.1 Å². The van der Waals surface area contributed by atoms with Crippen molar-refractivity contribution >= 4 is 23.4 Å². The summed E-state index contributed by atoms with van der Waals surface area (Å²) in [5.41, 5.74) is 0.681. The molecule has 5 aliphatic rings. The predicted molar refractivity (Wildman–Crippen MR) is 153 cm³/mol. The van der Waals surface area contributed by atoms with Crippen molar-refractivity contribution in [3.05, 3.63) is 42.0 Å².